The molecule has 0 radical (unpaired) electrons. The van der Waals surface area contributed by atoms with Crippen molar-refractivity contribution in [1.82, 2.24) is 9.97 Å². The van der Waals surface area contributed by atoms with Gasteiger partial charge in [0.05, 0.1) is 5.69 Å². The molecule has 0 aromatic carbocycles. The zero-order chi connectivity index (χ0) is 12.4. The summed E-state index contributed by atoms with van der Waals surface area (Å²) in [5, 5.41) is 4.11. The lowest BCUT2D eigenvalue weighted by Gasteiger charge is -2.27. The molecule has 2 aromatic rings. The van der Waals surface area contributed by atoms with Crippen molar-refractivity contribution in [3.05, 3.63) is 29.2 Å². The summed E-state index contributed by atoms with van der Waals surface area (Å²) in [6.45, 7) is 1.53. The molecule has 5 heteroatoms. The number of hydrogen-bond donors (Lipinski definition) is 0. The van der Waals surface area contributed by atoms with Crippen molar-refractivity contribution in [3.8, 4) is 11.3 Å². The summed E-state index contributed by atoms with van der Waals surface area (Å²) in [6.07, 6.45) is 2.84. The van der Waals surface area contributed by atoms with E-state index in [0.29, 0.717) is 18.6 Å². The van der Waals surface area contributed by atoms with Gasteiger partial charge in [-0.1, -0.05) is 0 Å². The molecular formula is C13H13N3OS. The first-order valence-corrected chi connectivity index (χ1v) is 6.88. The molecule has 0 saturated carbocycles. The number of carbonyl (C=O) groups is 1. The third-order valence-corrected chi connectivity index (χ3v) is 3.80. The van der Waals surface area contributed by atoms with Crippen molar-refractivity contribution in [1.29, 1.82) is 0 Å². The molecule has 1 aliphatic rings. The second-order valence-electron chi connectivity index (χ2n) is 4.30. The minimum atomic E-state index is 0.346. The van der Waals surface area contributed by atoms with Crippen molar-refractivity contribution in [2.75, 3.05) is 18.0 Å². The average molecular weight is 259 g/mol. The molecule has 0 unspecified atom stereocenters. The second-order valence-corrected chi connectivity index (χ2v) is 5.08. The Morgan fingerprint density at radius 1 is 1.22 bits per heavy atom. The van der Waals surface area contributed by atoms with Gasteiger partial charge in [-0.05, 0) is 11.4 Å². The summed E-state index contributed by atoms with van der Waals surface area (Å²) in [5.74, 6) is 1.26. The third kappa shape index (κ3) is 2.26. The van der Waals surface area contributed by atoms with Crippen molar-refractivity contribution >= 4 is 22.9 Å². The molecule has 1 aliphatic heterocycles. The number of thiophene rings is 1. The summed E-state index contributed by atoms with van der Waals surface area (Å²) in [5.41, 5.74) is 2.06. The molecule has 92 valence electrons. The van der Waals surface area contributed by atoms with Gasteiger partial charge in [0.25, 0.3) is 0 Å². The zero-order valence-corrected chi connectivity index (χ0v) is 10.7. The fraction of sp³-hybridized carbons (Fsp3) is 0.308. The number of Topliss-reactive ketones (excluding diaryl/α,β-unsaturated/α-hetero) is 1. The highest BCUT2D eigenvalue weighted by molar-refractivity contribution is 7.08. The number of nitrogens with zero attached hydrogens (tertiary/aromatic N) is 3. The summed E-state index contributed by atoms with van der Waals surface area (Å²) < 4.78 is 0. The second kappa shape index (κ2) is 4.86. The van der Waals surface area contributed by atoms with Crippen molar-refractivity contribution < 1.29 is 4.79 Å². The monoisotopic (exact) mass is 259 g/mol. The normalized spacial score (nSPS) is 16.0. The summed E-state index contributed by atoms with van der Waals surface area (Å²) in [7, 11) is 0. The van der Waals surface area contributed by atoms with Crippen LogP contribution in [0, 0.1) is 0 Å². The third-order valence-electron chi connectivity index (χ3n) is 3.11. The molecule has 3 heterocycles. The zero-order valence-electron chi connectivity index (χ0n) is 9.87. The van der Waals surface area contributed by atoms with Crippen molar-refractivity contribution in [2.45, 2.75) is 12.8 Å². The van der Waals surface area contributed by atoms with Gasteiger partial charge in [0, 0.05) is 42.9 Å². The minimum absolute atomic E-state index is 0.346. The maximum atomic E-state index is 11.2. The fourth-order valence-corrected chi connectivity index (χ4v) is 2.72. The Bertz CT molecular complexity index is 543. The van der Waals surface area contributed by atoms with Crippen LogP contribution in [0.3, 0.4) is 0 Å². The first-order chi connectivity index (χ1) is 8.83. The molecule has 1 saturated heterocycles. The number of ketones is 1. The Kier molecular flexibility index (Phi) is 3.06. The van der Waals surface area contributed by atoms with Crippen LogP contribution in [0.25, 0.3) is 11.3 Å². The van der Waals surface area contributed by atoms with Crippen molar-refractivity contribution in [3.63, 3.8) is 0 Å². The van der Waals surface area contributed by atoms with Gasteiger partial charge in [-0.25, -0.2) is 9.97 Å². The number of piperidine rings is 1. The van der Waals surface area contributed by atoms with Gasteiger partial charge >= 0.3 is 0 Å². The Morgan fingerprint density at radius 2 is 2.06 bits per heavy atom. The van der Waals surface area contributed by atoms with Crippen LogP contribution in [0.5, 0.6) is 0 Å². The molecule has 2 aromatic heterocycles. The van der Waals surface area contributed by atoms with E-state index in [1.165, 1.54) is 0 Å². The fourth-order valence-electron chi connectivity index (χ4n) is 2.07. The van der Waals surface area contributed by atoms with Crippen LogP contribution in [0.2, 0.25) is 0 Å². The van der Waals surface area contributed by atoms with E-state index in [2.05, 4.69) is 26.3 Å². The Hall–Kier alpha value is -1.75. The van der Waals surface area contributed by atoms with Crippen LogP contribution in [0.4, 0.5) is 5.82 Å². The molecule has 0 aliphatic carbocycles. The van der Waals surface area contributed by atoms with Crippen LogP contribution in [-0.4, -0.2) is 28.8 Å². The van der Waals surface area contributed by atoms with Crippen LogP contribution in [0.15, 0.2) is 29.2 Å². The van der Waals surface area contributed by atoms with Gasteiger partial charge in [0.2, 0.25) is 0 Å². The number of hydrogen-bond acceptors (Lipinski definition) is 5. The first-order valence-electron chi connectivity index (χ1n) is 5.94. The largest absolute Gasteiger partial charge is 0.356 e. The van der Waals surface area contributed by atoms with Crippen molar-refractivity contribution in [2.24, 2.45) is 0 Å². The minimum Gasteiger partial charge on any atom is -0.356 e. The molecule has 0 atom stereocenters. The van der Waals surface area contributed by atoms with Crippen LogP contribution >= 0.6 is 11.3 Å². The molecule has 1 fully saturated rings. The van der Waals surface area contributed by atoms with Crippen LogP contribution in [-0.2, 0) is 4.79 Å². The van der Waals surface area contributed by atoms with E-state index in [1.54, 1.807) is 17.7 Å². The van der Waals surface area contributed by atoms with Gasteiger partial charge in [-0.2, -0.15) is 11.3 Å². The number of carbonyl (C=O) groups excluding carboxylic acids is 1. The van der Waals surface area contributed by atoms with E-state index in [0.717, 1.165) is 30.2 Å². The topological polar surface area (TPSA) is 46.1 Å². The maximum Gasteiger partial charge on any atom is 0.136 e. The Morgan fingerprint density at radius 3 is 2.78 bits per heavy atom. The predicted octanol–water partition coefficient (Wildman–Crippen LogP) is 2.37. The van der Waals surface area contributed by atoms with Gasteiger partial charge in [0.1, 0.15) is 17.9 Å². The lowest BCUT2D eigenvalue weighted by atomic mass is 10.1. The predicted molar refractivity (Wildman–Crippen MR) is 71.8 cm³/mol. The van der Waals surface area contributed by atoms with E-state index in [9.17, 15) is 4.79 Å². The van der Waals surface area contributed by atoms with Gasteiger partial charge in [0.15, 0.2) is 0 Å². The van der Waals surface area contributed by atoms with E-state index in [4.69, 9.17) is 0 Å². The van der Waals surface area contributed by atoms with E-state index in [1.807, 2.05) is 11.4 Å². The summed E-state index contributed by atoms with van der Waals surface area (Å²) in [6, 6.07) is 4.05. The van der Waals surface area contributed by atoms with E-state index >= 15 is 0 Å². The summed E-state index contributed by atoms with van der Waals surface area (Å²) in [4.78, 5) is 22.0. The SMILES string of the molecule is O=C1CCN(c2cc(-c3ccsc3)ncn2)CC1. The highest BCUT2D eigenvalue weighted by atomic mass is 32.1. The Balaban J connectivity index is 1.85. The van der Waals surface area contributed by atoms with E-state index in [-0.39, 0.29) is 0 Å². The number of rotatable bonds is 2. The average Bonchev–Trinajstić information content (AvgIpc) is 2.94. The number of anilines is 1. The molecular weight excluding hydrogens is 246 g/mol. The smallest absolute Gasteiger partial charge is 0.136 e. The van der Waals surface area contributed by atoms with Crippen LogP contribution < -0.4 is 4.90 Å². The molecule has 0 spiro atoms. The summed E-state index contributed by atoms with van der Waals surface area (Å²) >= 11 is 1.66. The molecule has 0 N–H and O–H groups in total. The Labute approximate surface area is 109 Å². The lowest BCUT2D eigenvalue weighted by Crippen LogP contribution is -2.34. The number of aromatic nitrogens is 2. The molecule has 4 nitrogen and oxygen atoms in total. The highest BCUT2D eigenvalue weighted by Gasteiger charge is 2.17. The van der Waals surface area contributed by atoms with Gasteiger partial charge < -0.3 is 4.90 Å². The highest BCUT2D eigenvalue weighted by Crippen LogP contribution is 2.23. The maximum absolute atomic E-state index is 11.2. The molecule has 3 rings (SSSR count). The first kappa shape index (κ1) is 11.3. The van der Waals surface area contributed by atoms with Gasteiger partial charge in [-0.3, -0.25) is 4.79 Å². The quantitative estimate of drug-likeness (QED) is 0.830. The molecule has 0 amide bonds. The standard InChI is InChI=1S/C13H13N3OS/c17-11-1-4-16(5-2-11)13-7-12(14-9-15-13)10-3-6-18-8-10/h3,6-9H,1-2,4-5H2. The molecule has 18 heavy (non-hydrogen) atoms. The van der Waals surface area contributed by atoms with Crippen LogP contribution in [0.1, 0.15) is 12.8 Å². The lowest BCUT2D eigenvalue weighted by molar-refractivity contribution is -0.119. The van der Waals surface area contributed by atoms with Gasteiger partial charge in [-0.15, -0.1) is 0 Å². The molecule has 0 bridgehead atoms. The van der Waals surface area contributed by atoms with E-state index < -0.39 is 0 Å².